The molecule has 0 unspecified atom stereocenters. The molecule has 53 heavy (non-hydrogen) atoms. The van der Waals surface area contributed by atoms with Crippen LogP contribution >= 0.6 is 11.3 Å². The number of fused-ring (bicyclic) bond motifs is 10. The lowest BCUT2D eigenvalue weighted by Gasteiger charge is -2.28. The fraction of sp³-hybridized carbons (Fsp3) is 0. The summed E-state index contributed by atoms with van der Waals surface area (Å²) >= 11 is 1.85. The van der Waals surface area contributed by atoms with Crippen LogP contribution in [0, 0.1) is 0 Å². The number of anilines is 3. The van der Waals surface area contributed by atoms with Crippen molar-refractivity contribution in [2.45, 2.75) is 0 Å². The van der Waals surface area contributed by atoms with Gasteiger partial charge in [-0.05, 0) is 93.0 Å². The Kier molecular flexibility index (Phi) is 6.76. The maximum atomic E-state index is 6.57. The maximum absolute atomic E-state index is 6.57. The molecule has 0 atom stereocenters. The Bertz CT molecular complexity index is 3170. The third-order valence-corrected chi connectivity index (χ3v) is 11.8. The lowest BCUT2D eigenvalue weighted by atomic mass is 9.97. The molecule has 11 rings (SSSR count). The molecule has 0 bridgehead atoms. The zero-order valence-corrected chi connectivity index (χ0v) is 29.5. The van der Waals surface area contributed by atoms with E-state index in [0.29, 0.717) is 0 Å². The molecule has 2 aromatic heterocycles. The third-order valence-electron chi connectivity index (χ3n) is 10.6. The second kappa shape index (κ2) is 11.9. The molecule has 0 aliphatic heterocycles. The SMILES string of the molecule is c1ccc(-c2ccc(N(c3cccc(-c4cccc5oc6ccc7c8ccccc8sc7c6c45)c3)c3cc4ccccc4c4ccccc34)cc2)cc1. The minimum atomic E-state index is 0.904. The third kappa shape index (κ3) is 4.78. The van der Waals surface area contributed by atoms with Crippen molar-refractivity contribution in [3.63, 3.8) is 0 Å². The van der Waals surface area contributed by atoms with E-state index >= 15 is 0 Å². The van der Waals surface area contributed by atoms with Crippen LogP contribution in [-0.4, -0.2) is 0 Å². The minimum absolute atomic E-state index is 0.904. The average Bonchev–Trinajstić information content (AvgIpc) is 3.80. The van der Waals surface area contributed by atoms with Crippen LogP contribution in [0.3, 0.4) is 0 Å². The summed E-state index contributed by atoms with van der Waals surface area (Å²) in [6.45, 7) is 0. The molecule has 2 nitrogen and oxygen atoms in total. The average molecular weight is 694 g/mol. The van der Waals surface area contributed by atoms with Crippen molar-refractivity contribution in [2.75, 3.05) is 4.90 Å². The zero-order valence-electron chi connectivity index (χ0n) is 28.7. The van der Waals surface area contributed by atoms with E-state index in [4.69, 9.17) is 4.42 Å². The van der Waals surface area contributed by atoms with Crippen LogP contribution < -0.4 is 4.90 Å². The van der Waals surface area contributed by atoms with E-state index < -0.39 is 0 Å². The number of benzene rings is 9. The summed E-state index contributed by atoms with van der Waals surface area (Å²) in [5.41, 5.74) is 9.86. The van der Waals surface area contributed by atoms with Crippen molar-refractivity contribution in [1.29, 1.82) is 0 Å². The van der Waals surface area contributed by atoms with Gasteiger partial charge >= 0.3 is 0 Å². The molecule has 2 heterocycles. The summed E-state index contributed by atoms with van der Waals surface area (Å²) in [7, 11) is 0. The van der Waals surface area contributed by atoms with Gasteiger partial charge in [-0.1, -0.05) is 133 Å². The summed E-state index contributed by atoms with van der Waals surface area (Å²) in [5, 5.41) is 9.83. The Morgan fingerprint density at radius 3 is 1.94 bits per heavy atom. The standard InChI is InChI=1S/C50H31NOS/c1-2-12-32(13-3-1)33-24-26-36(27-25-33)51(44-31-35-14-4-5-17-38(35)40-18-6-7-19-41(40)44)37-16-10-15-34(30-37)39-21-11-22-45-48(39)49-46(52-45)29-28-43-42-20-8-9-23-47(42)53-50(43)49/h1-31H. The molecule has 3 heteroatoms. The Balaban J connectivity index is 1.15. The highest BCUT2D eigenvalue weighted by Gasteiger charge is 2.21. The van der Waals surface area contributed by atoms with Gasteiger partial charge in [0.15, 0.2) is 0 Å². The first-order valence-corrected chi connectivity index (χ1v) is 18.8. The van der Waals surface area contributed by atoms with Gasteiger partial charge in [-0.15, -0.1) is 11.3 Å². The zero-order chi connectivity index (χ0) is 34.9. The highest BCUT2D eigenvalue weighted by Crippen LogP contribution is 2.47. The summed E-state index contributed by atoms with van der Waals surface area (Å²) in [6, 6.07) is 67.9. The number of hydrogen-bond acceptors (Lipinski definition) is 3. The number of thiophene rings is 1. The smallest absolute Gasteiger partial charge is 0.136 e. The lowest BCUT2D eigenvalue weighted by Crippen LogP contribution is -2.10. The van der Waals surface area contributed by atoms with Gasteiger partial charge in [0.2, 0.25) is 0 Å². The van der Waals surface area contributed by atoms with Gasteiger partial charge in [-0.3, -0.25) is 0 Å². The molecule has 0 spiro atoms. The number of hydrogen-bond donors (Lipinski definition) is 0. The van der Waals surface area contributed by atoms with E-state index in [9.17, 15) is 0 Å². The molecular weight excluding hydrogens is 663 g/mol. The van der Waals surface area contributed by atoms with Gasteiger partial charge in [0.05, 0.1) is 5.69 Å². The van der Waals surface area contributed by atoms with Crippen LogP contribution in [0.2, 0.25) is 0 Å². The molecular formula is C50H31NOS. The summed E-state index contributed by atoms with van der Waals surface area (Å²) in [4.78, 5) is 2.42. The van der Waals surface area contributed by atoms with Crippen LogP contribution in [0.25, 0.3) is 85.9 Å². The van der Waals surface area contributed by atoms with E-state index in [1.165, 1.54) is 58.2 Å². The van der Waals surface area contributed by atoms with Gasteiger partial charge in [-0.2, -0.15) is 0 Å². The van der Waals surface area contributed by atoms with Gasteiger partial charge < -0.3 is 9.32 Å². The van der Waals surface area contributed by atoms with E-state index in [1.807, 2.05) is 11.3 Å². The van der Waals surface area contributed by atoms with Crippen molar-refractivity contribution in [2.24, 2.45) is 0 Å². The molecule has 0 N–H and O–H groups in total. The fourth-order valence-corrected chi connectivity index (χ4v) is 9.47. The van der Waals surface area contributed by atoms with Crippen LogP contribution in [-0.2, 0) is 0 Å². The highest BCUT2D eigenvalue weighted by atomic mass is 32.1. The van der Waals surface area contributed by atoms with Crippen LogP contribution in [0.4, 0.5) is 17.1 Å². The van der Waals surface area contributed by atoms with E-state index in [-0.39, 0.29) is 0 Å². The minimum Gasteiger partial charge on any atom is -0.456 e. The predicted octanol–water partition coefficient (Wildman–Crippen LogP) is 15.1. The van der Waals surface area contributed by atoms with Crippen molar-refractivity contribution >= 4 is 92.1 Å². The number of nitrogens with zero attached hydrogens (tertiary/aromatic N) is 1. The van der Waals surface area contributed by atoms with Crippen molar-refractivity contribution in [3.8, 4) is 22.3 Å². The molecule has 11 aromatic rings. The Hall–Kier alpha value is -6.68. The van der Waals surface area contributed by atoms with Crippen molar-refractivity contribution < 1.29 is 4.42 Å². The lowest BCUT2D eigenvalue weighted by molar-refractivity contribution is 0.669. The molecule has 0 saturated carbocycles. The number of furan rings is 1. The summed E-state index contributed by atoms with van der Waals surface area (Å²) in [6.07, 6.45) is 0. The largest absolute Gasteiger partial charge is 0.456 e. The quantitative estimate of drug-likeness (QED) is 0.167. The molecule has 0 radical (unpaired) electrons. The van der Waals surface area contributed by atoms with E-state index in [2.05, 4.69) is 193 Å². The monoisotopic (exact) mass is 693 g/mol. The predicted molar refractivity (Wildman–Crippen MR) is 227 cm³/mol. The summed E-state index contributed by atoms with van der Waals surface area (Å²) in [5.74, 6) is 0. The second-order valence-electron chi connectivity index (χ2n) is 13.7. The van der Waals surface area contributed by atoms with Crippen molar-refractivity contribution in [1.82, 2.24) is 0 Å². The topological polar surface area (TPSA) is 16.4 Å². The molecule has 0 saturated heterocycles. The van der Waals surface area contributed by atoms with Crippen molar-refractivity contribution in [3.05, 3.63) is 188 Å². The molecule has 9 aromatic carbocycles. The Labute approximate surface area is 310 Å². The molecule has 0 aliphatic rings. The first kappa shape index (κ1) is 30.0. The fourth-order valence-electron chi connectivity index (χ4n) is 8.22. The van der Waals surface area contributed by atoms with E-state index in [1.54, 1.807) is 0 Å². The second-order valence-corrected chi connectivity index (χ2v) is 14.7. The van der Waals surface area contributed by atoms with Gasteiger partial charge in [0.25, 0.3) is 0 Å². The normalized spacial score (nSPS) is 11.8. The highest BCUT2D eigenvalue weighted by molar-refractivity contribution is 7.26. The first-order valence-electron chi connectivity index (χ1n) is 18.0. The Morgan fingerprint density at radius 1 is 0.396 bits per heavy atom. The molecule has 0 aliphatic carbocycles. The molecule has 0 fully saturated rings. The van der Waals surface area contributed by atoms with Gasteiger partial charge in [-0.25, -0.2) is 0 Å². The van der Waals surface area contributed by atoms with Gasteiger partial charge in [0.1, 0.15) is 11.2 Å². The summed E-state index contributed by atoms with van der Waals surface area (Å²) < 4.78 is 9.13. The number of rotatable bonds is 5. The molecule has 0 amide bonds. The maximum Gasteiger partial charge on any atom is 0.136 e. The van der Waals surface area contributed by atoms with E-state index in [0.717, 1.165) is 44.7 Å². The van der Waals surface area contributed by atoms with Crippen LogP contribution in [0.1, 0.15) is 0 Å². The molecule has 248 valence electrons. The van der Waals surface area contributed by atoms with Crippen LogP contribution in [0.5, 0.6) is 0 Å². The first-order chi connectivity index (χ1) is 26.3. The Morgan fingerprint density at radius 2 is 1.08 bits per heavy atom. The van der Waals surface area contributed by atoms with Gasteiger partial charge in [0, 0.05) is 47.7 Å². The van der Waals surface area contributed by atoms with Crippen LogP contribution in [0.15, 0.2) is 192 Å².